The lowest BCUT2D eigenvalue weighted by atomic mass is 10.0. The molecule has 0 aliphatic heterocycles. The van der Waals surface area contributed by atoms with Gasteiger partial charge >= 0.3 is 12.1 Å². The second-order valence-electron chi connectivity index (χ2n) is 10.4. The molecule has 0 aliphatic rings. The molecule has 0 aromatic rings. The molecule has 1 atom stereocenters. The second kappa shape index (κ2) is 25.8. The molecule has 0 rings (SSSR count). The van der Waals surface area contributed by atoms with Gasteiger partial charge in [-0.2, -0.15) is 0 Å². The topological polar surface area (TPSA) is 65.1 Å². The molecule has 0 aromatic carbocycles. The number of hydrogen-bond donors (Lipinski definition) is 0. The molecule has 0 amide bonds. The number of carbonyl (C=O) groups excluding carboxylic acids is 2. The predicted octanol–water partition coefficient (Wildman–Crippen LogP) is 8.40. The molecular formula is C31H57NO5. The smallest absolute Gasteiger partial charge is 0.463 e. The highest BCUT2D eigenvalue weighted by atomic mass is 16.7. The minimum atomic E-state index is -0.638. The minimum absolute atomic E-state index is 0.138. The Labute approximate surface area is 228 Å². The SMILES string of the molecule is CCCCC/C=C\C/C=C\CCCCCCCCC(CCC(=O)OC(C)C)OC(=O)OCCCN(C)C. The molecule has 216 valence electrons. The zero-order valence-electron chi connectivity index (χ0n) is 24.7. The fraction of sp³-hybridized carbons (Fsp3) is 0.806. The average molecular weight is 524 g/mol. The fourth-order valence-corrected chi connectivity index (χ4v) is 3.93. The molecule has 0 heterocycles. The van der Waals surface area contributed by atoms with Crippen molar-refractivity contribution in [2.24, 2.45) is 0 Å². The van der Waals surface area contributed by atoms with Crippen LogP contribution >= 0.6 is 0 Å². The maximum absolute atomic E-state index is 12.1. The van der Waals surface area contributed by atoms with Crippen LogP contribution in [0.15, 0.2) is 24.3 Å². The predicted molar refractivity (Wildman–Crippen MR) is 154 cm³/mol. The molecule has 6 nitrogen and oxygen atoms in total. The van der Waals surface area contributed by atoms with Gasteiger partial charge in [0.05, 0.1) is 12.7 Å². The van der Waals surface area contributed by atoms with Crippen LogP contribution in [0.3, 0.4) is 0 Å². The van der Waals surface area contributed by atoms with E-state index in [2.05, 4.69) is 31.2 Å². The van der Waals surface area contributed by atoms with E-state index in [1.165, 1.54) is 51.4 Å². The number of unbranched alkanes of at least 4 members (excludes halogenated alkanes) is 9. The first-order valence-electron chi connectivity index (χ1n) is 14.8. The van der Waals surface area contributed by atoms with E-state index < -0.39 is 6.16 Å². The molecule has 0 aromatic heterocycles. The van der Waals surface area contributed by atoms with E-state index in [1.54, 1.807) is 0 Å². The zero-order chi connectivity index (χ0) is 27.6. The van der Waals surface area contributed by atoms with Crippen LogP contribution in [-0.2, 0) is 19.0 Å². The van der Waals surface area contributed by atoms with Crippen molar-refractivity contribution in [3.63, 3.8) is 0 Å². The molecule has 6 heteroatoms. The van der Waals surface area contributed by atoms with Crippen LogP contribution in [0.2, 0.25) is 0 Å². The average Bonchev–Trinajstić information content (AvgIpc) is 2.84. The first-order chi connectivity index (χ1) is 17.8. The molecule has 0 fully saturated rings. The normalized spacial score (nSPS) is 12.6. The highest BCUT2D eigenvalue weighted by Crippen LogP contribution is 2.16. The van der Waals surface area contributed by atoms with E-state index in [0.29, 0.717) is 13.0 Å². The van der Waals surface area contributed by atoms with Gasteiger partial charge in [-0.1, -0.05) is 69.8 Å². The summed E-state index contributed by atoms with van der Waals surface area (Å²) in [6.07, 6.45) is 24.6. The van der Waals surface area contributed by atoms with Crippen LogP contribution in [0.25, 0.3) is 0 Å². The third-order valence-corrected chi connectivity index (χ3v) is 6.00. The van der Waals surface area contributed by atoms with Gasteiger partial charge in [-0.15, -0.1) is 0 Å². The summed E-state index contributed by atoms with van der Waals surface area (Å²) in [6, 6.07) is 0. The summed E-state index contributed by atoms with van der Waals surface area (Å²) in [7, 11) is 3.97. The van der Waals surface area contributed by atoms with Crippen LogP contribution in [-0.4, -0.2) is 56.5 Å². The summed E-state index contributed by atoms with van der Waals surface area (Å²) < 4.78 is 16.0. The maximum Gasteiger partial charge on any atom is 0.508 e. The Morgan fingerprint density at radius 1 is 0.757 bits per heavy atom. The highest BCUT2D eigenvalue weighted by molar-refractivity contribution is 5.69. The molecular weight excluding hydrogens is 466 g/mol. The van der Waals surface area contributed by atoms with Crippen molar-refractivity contribution in [3.05, 3.63) is 24.3 Å². The van der Waals surface area contributed by atoms with Gasteiger partial charge in [-0.05, 0) is 85.7 Å². The van der Waals surface area contributed by atoms with Gasteiger partial charge in [0.1, 0.15) is 6.10 Å². The maximum atomic E-state index is 12.1. The van der Waals surface area contributed by atoms with E-state index in [9.17, 15) is 9.59 Å². The van der Waals surface area contributed by atoms with Crippen molar-refractivity contribution in [2.45, 2.75) is 136 Å². The van der Waals surface area contributed by atoms with Crippen molar-refractivity contribution < 1.29 is 23.8 Å². The van der Waals surface area contributed by atoms with Crippen LogP contribution in [0.4, 0.5) is 4.79 Å². The molecule has 0 radical (unpaired) electrons. The Kier molecular flexibility index (Phi) is 24.5. The summed E-state index contributed by atoms with van der Waals surface area (Å²) in [5, 5.41) is 0. The number of ether oxygens (including phenoxy) is 3. The van der Waals surface area contributed by atoms with Crippen molar-refractivity contribution >= 4 is 12.1 Å². The fourth-order valence-electron chi connectivity index (χ4n) is 3.93. The number of esters is 1. The van der Waals surface area contributed by atoms with Crippen molar-refractivity contribution in [2.75, 3.05) is 27.2 Å². The molecule has 0 saturated heterocycles. The number of rotatable bonds is 24. The van der Waals surface area contributed by atoms with Gasteiger partial charge in [0.25, 0.3) is 0 Å². The number of nitrogens with zero attached hydrogens (tertiary/aromatic N) is 1. The lowest BCUT2D eigenvalue weighted by molar-refractivity contribution is -0.148. The molecule has 0 N–H and O–H groups in total. The van der Waals surface area contributed by atoms with Gasteiger partial charge in [-0.25, -0.2) is 4.79 Å². The number of hydrogen-bond acceptors (Lipinski definition) is 6. The van der Waals surface area contributed by atoms with Crippen molar-refractivity contribution in [1.29, 1.82) is 0 Å². The summed E-state index contributed by atoms with van der Waals surface area (Å²) >= 11 is 0. The highest BCUT2D eigenvalue weighted by Gasteiger charge is 2.18. The van der Waals surface area contributed by atoms with Crippen LogP contribution in [0, 0.1) is 0 Å². The lowest BCUT2D eigenvalue weighted by Crippen LogP contribution is -2.22. The van der Waals surface area contributed by atoms with Gasteiger partial charge in [0.15, 0.2) is 0 Å². The van der Waals surface area contributed by atoms with Crippen molar-refractivity contribution in [3.8, 4) is 0 Å². The minimum Gasteiger partial charge on any atom is -0.463 e. The Balaban J connectivity index is 4.04. The molecule has 0 saturated carbocycles. The molecule has 0 aliphatic carbocycles. The summed E-state index contributed by atoms with van der Waals surface area (Å²) in [5.41, 5.74) is 0. The lowest BCUT2D eigenvalue weighted by Gasteiger charge is -2.18. The van der Waals surface area contributed by atoms with Gasteiger partial charge < -0.3 is 19.1 Å². The summed E-state index contributed by atoms with van der Waals surface area (Å²) in [6.45, 7) is 7.10. The van der Waals surface area contributed by atoms with Crippen LogP contribution < -0.4 is 0 Å². The third-order valence-electron chi connectivity index (χ3n) is 6.00. The monoisotopic (exact) mass is 523 g/mol. The second-order valence-corrected chi connectivity index (χ2v) is 10.4. The van der Waals surface area contributed by atoms with E-state index in [0.717, 1.165) is 45.1 Å². The molecule has 0 bridgehead atoms. The first kappa shape index (κ1) is 35.2. The summed E-state index contributed by atoms with van der Waals surface area (Å²) in [4.78, 5) is 26.1. The Morgan fingerprint density at radius 2 is 1.38 bits per heavy atom. The van der Waals surface area contributed by atoms with Crippen LogP contribution in [0.5, 0.6) is 0 Å². The van der Waals surface area contributed by atoms with Crippen molar-refractivity contribution in [1.82, 2.24) is 4.90 Å². The molecule has 1 unspecified atom stereocenters. The first-order valence-corrected chi connectivity index (χ1v) is 14.8. The van der Waals surface area contributed by atoms with E-state index in [-0.39, 0.29) is 24.6 Å². The zero-order valence-corrected chi connectivity index (χ0v) is 24.7. The van der Waals surface area contributed by atoms with Gasteiger partial charge in [-0.3, -0.25) is 4.79 Å². The van der Waals surface area contributed by atoms with Gasteiger partial charge in [0.2, 0.25) is 0 Å². The third kappa shape index (κ3) is 27.0. The molecule has 0 spiro atoms. The largest absolute Gasteiger partial charge is 0.508 e. The van der Waals surface area contributed by atoms with E-state index in [1.807, 2.05) is 32.8 Å². The van der Waals surface area contributed by atoms with E-state index in [4.69, 9.17) is 14.2 Å². The standard InChI is InChI=1S/C31H57NO5/c1-6-7-8-9-10-11-12-13-14-15-16-17-18-19-20-21-23-29(24-25-30(33)36-28(2)3)37-31(34)35-27-22-26-32(4)5/h10-11,13-14,28-29H,6-9,12,15-27H2,1-5H3/b11-10-,14-13-. The quantitative estimate of drug-likeness (QED) is 0.0719. The van der Waals surface area contributed by atoms with Crippen LogP contribution in [0.1, 0.15) is 124 Å². The molecule has 37 heavy (non-hydrogen) atoms. The van der Waals surface area contributed by atoms with Gasteiger partial charge in [0, 0.05) is 13.0 Å². The Bertz CT molecular complexity index is 600. The number of allylic oxidation sites excluding steroid dienone is 4. The Morgan fingerprint density at radius 3 is 2.00 bits per heavy atom. The number of carbonyl (C=O) groups is 2. The summed E-state index contributed by atoms with van der Waals surface area (Å²) in [5.74, 6) is -0.250. The van der Waals surface area contributed by atoms with E-state index >= 15 is 0 Å². The Hall–Kier alpha value is -1.82.